The number of carbonyl (C=O) groups is 1. The van der Waals surface area contributed by atoms with E-state index >= 15 is 0 Å². The van der Waals surface area contributed by atoms with Crippen molar-refractivity contribution < 1.29 is 29.1 Å². The van der Waals surface area contributed by atoms with Gasteiger partial charge in [0, 0.05) is 5.97 Å². The molecule has 0 rings (SSSR count). The van der Waals surface area contributed by atoms with Gasteiger partial charge in [0.2, 0.25) is 0 Å². The van der Waals surface area contributed by atoms with Gasteiger partial charge in [0.1, 0.15) is 0 Å². The minimum absolute atomic E-state index is 0. The van der Waals surface area contributed by atoms with Crippen LogP contribution in [0.3, 0.4) is 0 Å². The molecule has 0 N–H and O–H groups in total. The molecule has 0 bridgehead atoms. The summed E-state index contributed by atoms with van der Waals surface area (Å²) in [5.41, 5.74) is 0. The van der Waals surface area contributed by atoms with E-state index in [0.717, 1.165) is 12.8 Å². The van der Waals surface area contributed by atoms with Gasteiger partial charge >= 0.3 is 17.4 Å². The Bertz CT molecular complexity index is 248. The Labute approximate surface area is 132 Å². The Kier molecular flexibility index (Phi) is 21.5. The Hall–Kier alpha value is 0.112. The molecule has 0 aliphatic rings. The molecule has 6 nitrogen and oxygen atoms in total. The zero-order valence-corrected chi connectivity index (χ0v) is 14.1. The Balaban J connectivity index is -0.000000414. The second-order valence-electron chi connectivity index (χ2n) is 4.40. The largest absolute Gasteiger partial charge is 3.00 e. The van der Waals surface area contributed by atoms with Gasteiger partial charge in [-0.25, -0.2) is 0 Å². The van der Waals surface area contributed by atoms with Crippen LogP contribution in [0.1, 0.15) is 71.1 Å². The molecule has 8 heteroatoms. The van der Waals surface area contributed by atoms with E-state index < -0.39 is 13.8 Å². The van der Waals surface area contributed by atoms with Gasteiger partial charge in [0.25, 0.3) is 0 Å². The van der Waals surface area contributed by atoms with E-state index in [4.69, 9.17) is 19.2 Å². The molecule has 0 radical (unpaired) electrons. The van der Waals surface area contributed by atoms with Crippen LogP contribution in [0.15, 0.2) is 0 Å². The summed E-state index contributed by atoms with van der Waals surface area (Å²) in [6.45, 7) is 2.22. The zero-order valence-electron chi connectivity index (χ0n) is 12.0. The van der Waals surface area contributed by atoms with E-state index in [2.05, 4.69) is 6.92 Å². The summed E-state index contributed by atoms with van der Waals surface area (Å²) in [4.78, 5) is 35.7. The summed E-state index contributed by atoms with van der Waals surface area (Å²) in [6, 6.07) is 0. The maximum absolute atomic E-state index is 10.1. The number of hydrogen-bond donors (Lipinski definition) is 0. The van der Waals surface area contributed by atoms with Crippen LogP contribution in [-0.2, 0) is 9.36 Å². The van der Waals surface area contributed by atoms with Gasteiger partial charge in [-0.1, -0.05) is 58.3 Å². The fourth-order valence-corrected chi connectivity index (χ4v) is 1.58. The van der Waals surface area contributed by atoms with Crippen molar-refractivity contribution in [3.05, 3.63) is 0 Å². The molecular formula is C12H23AlO6P-. The van der Waals surface area contributed by atoms with Crippen molar-refractivity contribution in [2.75, 3.05) is 0 Å². The summed E-state index contributed by atoms with van der Waals surface area (Å²) >= 11 is 0. The average molecular weight is 321 g/mol. The number of unbranched alkanes of at least 4 members (excludes halogenated alkanes) is 8. The van der Waals surface area contributed by atoms with Crippen LogP contribution in [0.4, 0.5) is 0 Å². The summed E-state index contributed by atoms with van der Waals surface area (Å²) in [6.07, 6.45) is 11.2. The van der Waals surface area contributed by atoms with E-state index in [0.29, 0.717) is 0 Å². The Morgan fingerprint density at radius 2 is 1.15 bits per heavy atom. The maximum Gasteiger partial charge on any atom is 3.00 e. The van der Waals surface area contributed by atoms with Crippen LogP contribution in [-0.4, -0.2) is 23.3 Å². The second kappa shape index (κ2) is 17.2. The molecule has 0 aliphatic heterocycles. The van der Waals surface area contributed by atoms with Gasteiger partial charge < -0.3 is 29.1 Å². The number of phosphoric acid groups is 1. The van der Waals surface area contributed by atoms with E-state index in [-0.39, 0.29) is 23.8 Å². The van der Waals surface area contributed by atoms with Gasteiger partial charge in [-0.05, 0) is 12.8 Å². The van der Waals surface area contributed by atoms with Gasteiger partial charge in [0.15, 0.2) is 0 Å². The Morgan fingerprint density at radius 3 is 1.45 bits per heavy atom. The summed E-state index contributed by atoms with van der Waals surface area (Å²) in [5.74, 6) is -0.909. The van der Waals surface area contributed by atoms with Crippen molar-refractivity contribution >= 4 is 31.2 Å². The van der Waals surface area contributed by atoms with Crippen molar-refractivity contribution in [1.82, 2.24) is 0 Å². The first-order valence-electron chi connectivity index (χ1n) is 6.70. The zero-order chi connectivity index (χ0) is 15.1. The van der Waals surface area contributed by atoms with Gasteiger partial charge in [-0.15, -0.1) is 0 Å². The normalized spacial score (nSPS) is 10.2. The van der Waals surface area contributed by atoms with Crippen LogP contribution in [0.5, 0.6) is 0 Å². The minimum atomic E-state index is -5.39. The van der Waals surface area contributed by atoms with Crippen LogP contribution < -0.4 is 19.8 Å². The maximum atomic E-state index is 10.1. The van der Waals surface area contributed by atoms with E-state index in [1.165, 1.54) is 44.9 Å². The minimum Gasteiger partial charge on any atom is -0.822 e. The third kappa shape index (κ3) is 43.0. The number of carboxylic acid groups (broad SMARTS) is 1. The summed E-state index contributed by atoms with van der Waals surface area (Å²) in [7, 11) is -5.39. The third-order valence-corrected chi connectivity index (χ3v) is 2.48. The molecule has 0 aliphatic carbocycles. The molecule has 0 aromatic rings. The molecule has 0 heterocycles. The van der Waals surface area contributed by atoms with Crippen molar-refractivity contribution in [2.24, 2.45) is 0 Å². The molecule has 0 fully saturated rings. The molecule has 0 amide bonds. The molecule has 0 saturated carbocycles. The number of hydrogen-bond acceptors (Lipinski definition) is 6. The van der Waals surface area contributed by atoms with Gasteiger partial charge in [-0.2, -0.15) is 7.82 Å². The number of carboxylic acids is 1. The van der Waals surface area contributed by atoms with Crippen LogP contribution in [0.2, 0.25) is 0 Å². The summed E-state index contributed by atoms with van der Waals surface area (Å²) in [5, 5.41) is 10.1. The molecule has 0 saturated heterocycles. The van der Waals surface area contributed by atoms with Crippen LogP contribution in [0, 0.1) is 0 Å². The molecule has 0 aromatic heterocycles. The van der Waals surface area contributed by atoms with E-state index in [1.807, 2.05) is 0 Å². The average Bonchev–Trinajstić information content (AvgIpc) is 2.24. The third-order valence-electron chi connectivity index (χ3n) is 2.48. The SMILES string of the molecule is CCCCCCCCCCCC(=O)[O-].O=P([O-])([O-])[O-].[Al+3]. The number of rotatable bonds is 10. The van der Waals surface area contributed by atoms with Gasteiger partial charge in [-0.3, -0.25) is 0 Å². The summed E-state index contributed by atoms with van der Waals surface area (Å²) < 4.78 is 8.55. The van der Waals surface area contributed by atoms with Gasteiger partial charge in [0.05, 0.1) is 0 Å². The topological polar surface area (TPSA) is 126 Å². The number of aliphatic carboxylic acids is 1. The first kappa shape index (κ1) is 25.1. The van der Waals surface area contributed by atoms with Crippen LogP contribution in [0.25, 0.3) is 0 Å². The van der Waals surface area contributed by atoms with Crippen LogP contribution >= 0.6 is 7.82 Å². The first-order chi connectivity index (χ1) is 8.77. The molecule has 116 valence electrons. The Morgan fingerprint density at radius 1 is 0.850 bits per heavy atom. The van der Waals surface area contributed by atoms with Crippen molar-refractivity contribution in [3.63, 3.8) is 0 Å². The standard InChI is InChI=1S/C12H24O2.Al.H3O4P/c1-2-3-4-5-6-7-8-9-10-11-12(13)14;;1-5(2,3)4/h2-11H2,1H3,(H,13,14);;(H3,1,2,3,4)/q;+3;/p-4. The van der Waals surface area contributed by atoms with Crippen molar-refractivity contribution in [1.29, 1.82) is 0 Å². The van der Waals surface area contributed by atoms with Crippen molar-refractivity contribution in [2.45, 2.75) is 71.1 Å². The predicted molar refractivity (Wildman–Crippen MR) is 70.2 cm³/mol. The van der Waals surface area contributed by atoms with E-state index in [9.17, 15) is 9.90 Å². The molecule has 0 aromatic carbocycles. The molecule has 20 heavy (non-hydrogen) atoms. The smallest absolute Gasteiger partial charge is 0.822 e. The monoisotopic (exact) mass is 321 g/mol. The number of carbonyl (C=O) groups excluding carboxylic acids is 1. The van der Waals surface area contributed by atoms with Crippen molar-refractivity contribution in [3.8, 4) is 0 Å². The fourth-order valence-electron chi connectivity index (χ4n) is 1.58. The molecule has 0 atom stereocenters. The molecular weight excluding hydrogens is 298 g/mol. The fraction of sp³-hybridized carbons (Fsp3) is 0.917. The van der Waals surface area contributed by atoms with E-state index in [1.54, 1.807) is 0 Å². The second-order valence-corrected chi connectivity index (χ2v) is 5.29. The first-order valence-corrected chi connectivity index (χ1v) is 8.16. The predicted octanol–water partition coefficient (Wildman–Crippen LogP) is -0.548. The molecule has 0 spiro atoms. The molecule has 0 unspecified atom stereocenters. The quantitative estimate of drug-likeness (QED) is 0.302.